The summed E-state index contributed by atoms with van der Waals surface area (Å²) in [6.45, 7) is 4.48. The zero-order valence-electron chi connectivity index (χ0n) is 16.7. The maximum absolute atomic E-state index is 12.9. The fourth-order valence-electron chi connectivity index (χ4n) is 3.60. The highest BCUT2D eigenvalue weighted by atomic mass is 35.5. The summed E-state index contributed by atoms with van der Waals surface area (Å²) in [4.78, 5) is 19.3. The average Bonchev–Trinajstić information content (AvgIpc) is 2.87. The Balaban J connectivity index is 1.51. The van der Waals surface area contributed by atoms with Crippen LogP contribution in [0.5, 0.6) is 11.5 Å². The molecule has 0 bridgehead atoms. The molecular formula is C22H24ClN3O3. The van der Waals surface area contributed by atoms with Gasteiger partial charge in [0.2, 0.25) is 5.91 Å². The SMILES string of the molecule is CCn1c(CN(C)C(=O)Cc2cc(Cl)c3c(c2)OCCCO3)nc2ccccc21. The molecule has 4 rings (SSSR count). The number of halogens is 1. The largest absolute Gasteiger partial charge is 0.489 e. The molecule has 1 aliphatic rings. The number of carbonyl (C=O) groups is 1. The van der Waals surface area contributed by atoms with Gasteiger partial charge in [-0.2, -0.15) is 0 Å². The van der Waals surface area contributed by atoms with Crippen molar-refractivity contribution < 1.29 is 14.3 Å². The monoisotopic (exact) mass is 413 g/mol. The quantitative estimate of drug-likeness (QED) is 0.632. The molecule has 1 amide bonds. The van der Waals surface area contributed by atoms with Crippen LogP contribution in [0.25, 0.3) is 11.0 Å². The molecule has 7 heteroatoms. The van der Waals surface area contributed by atoms with Crippen LogP contribution in [0.15, 0.2) is 36.4 Å². The molecule has 0 N–H and O–H groups in total. The van der Waals surface area contributed by atoms with E-state index in [1.165, 1.54) is 0 Å². The van der Waals surface area contributed by atoms with Crippen LogP contribution in [0, 0.1) is 0 Å². The predicted octanol–water partition coefficient (Wildman–Crippen LogP) is 4.07. The van der Waals surface area contributed by atoms with Crippen molar-refractivity contribution in [3.8, 4) is 11.5 Å². The lowest BCUT2D eigenvalue weighted by Crippen LogP contribution is -2.29. The Labute approximate surface area is 175 Å². The second-order valence-corrected chi connectivity index (χ2v) is 7.55. The number of hydrogen-bond donors (Lipinski definition) is 0. The van der Waals surface area contributed by atoms with Crippen LogP contribution in [-0.4, -0.2) is 40.6 Å². The average molecular weight is 414 g/mol. The van der Waals surface area contributed by atoms with Gasteiger partial charge in [0.25, 0.3) is 0 Å². The molecule has 152 valence electrons. The lowest BCUT2D eigenvalue weighted by molar-refractivity contribution is -0.129. The number of fused-ring (bicyclic) bond motifs is 2. The Kier molecular flexibility index (Phi) is 5.62. The molecule has 0 saturated heterocycles. The number of benzene rings is 2. The maximum Gasteiger partial charge on any atom is 0.227 e. The molecule has 0 spiro atoms. The van der Waals surface area contributed by atoms with Crippen LogP contribution in [-0.2, 0) is 24.3 Å². The van der Waals surface area contributed by atoms with E-state index < -0.39 is 0 Å². The molecule has 3 aromatic rings. The van der Waals surface area contributed by atoms with Gasteiger partial charge in [0.05, 0.1) is 42.2 Å². The summed E-state index contributed by atoms with van der Waals surface area (Å²) in [5.41, 5.74) is 2.83. The number of amides is 1. The van der Waals surface area contributed by atoms with Crippen LogP contribution >= 0.6 is 11.6 Å². The van der Waals surface area contributed by atoms with Gasteiger partial charge in [-0.3, -0.25) is 4.79 Å². The van der Waals surface area contributed by atoms with E-state index in [-0.39, 0.29) is 12.3 Å². The van der Waals surface area contributed by atoms with Crippen molar-refractivity contribution in [2.75, 3.05) is 20.3 Å². The molecular weight excluding hydrogens is 390 g/mol. The first kappa shape index (κ1) is 19.6. The Morgan fingerprint density at radius 1 is 1.24 bits per heavy atom. The summed E-state index contributed by atoms with van der Waals surface area (Å²) in [5, 5.41) is 0.475. The molecule has 0 aliphatic carbocycles. The van der Waals surface area contributed by atoms with Crippen molar-refractivity contribution in [1.29, 1.82) is 0 Å². The third-order valence-electron chi connectivity index (χ3n) is 5.07. The summed E-state index contributed by atoms with van der Waals surface area (Å²) in [6.07, 6.45) is 1.04. The normalized spacial score (nSPS) is 13.3. The van der Waals surface area contributed by atoms with E-state index in [0.717, 1.165) is 35.4 Å². The van der Waals surface area contributed by atoms with Crippen molar-refractivity contribution in [3.05, 3.63) is 52.8 Å². The Morgan fingerprint density at radius 3 is 2.86 bits per heavy atom. The van der Waals surface area contributed by atoms with Crippen LogP contribution in [0.4, 0.5) is 0 Å². The lowest BCUT2D eigenvalue weighted by atomic mass is 10.1. The lowest BCUT2D eigenvalue weighted by Gasteiger charge is -2.18. The number of carbonyl (C=O) groups excluding carboxylic acids is 1. The number of aryl methyl sites for hydroxylation is 1. The number of aromatic nitrogens is 2. The van der Waals surface area contributed by atoms with Crippen molar-refractivity contribution in [3.63, 3.8) is 0 Å². The highest BCUT2D eigenvalue weighted by Gasteiger charge is 2.19. The number of nitrogens with zero attached hydrogens (tertiary/aromatic N) is 3. The summed E-state index contributed by atoms with van der Waals surface area (Å²) in [7, 11) is 1.80. The first-order valence-electron chi connectivity index (χ1n) is 9.83. The van der Waals surface area contributed by atoms with Gasteiger partial charge < -0.3 is 18.9 Å². The van der Waals surface area contributed by atoms with Crippen LogP contribution in [0.3, 0.4) is 0 Å². The van der Waals surface area contributed by atoms with E-state index in [1.807, 2.05) is 24.3 Å². The molecule has 2 aromatic carbocycles. The molecule has 0 saturated carbocycles. The third kappa shape index (κ3) is 4.03. The van der Waals surface area contributed by atoms with E-state index in [9.17, 15) is 4.79 Å². The first-order chi connectivity index (χ1) is 14.1. The highest BCUT2D eigenvalue weighted by Crippen LogP contribution is 2.38. The zero-order valence-corrected chi connectivity index (χ0v) is 17.4. The highest BCUT2D eigenvalue weighted by molar-refractivity contribution is 6.32. The Hall–Kier alpha value is -2.73. The van der Waals surface area contributed by atoms with E-state index in [4.69, 9.17) is 26.1 Å². The number of hydrogen-bond acceptors (Lipinski definition) is 4. The van der Waals surface area contributed by atoms with Crippen LogP contribution < -0.4 is 9.47 Å². The van der Waals surface area contributed by atoms with E-state index in [2.05, 4.69) is 17.6 Å². The third-order valence-corrected chi connectivity index (χ3v) is 5.35. The van der Waals surface area contributed by atoms with Gasteiger partial charge in [0, 0.05) is 20.0 Å². The van der Waals surface area contributed by atoms with Crippen molar-refractivity contribution >= 4 is 28.5 Å². The van der Waals surface area contributed by atoms with E-state index >= 15 is 0 Å². The fourth-order valence-corrected chi connectivity index (χ4v) is 3.88. The molecule has 1 aliphatic heterocycles. The maximum atomic E-state index is 12.9. The molecule has 1 aromatic heterocycles. The second kappa shape index (κ2) is 8.33. The first-order valence-corrected chi connectivity index (χ1v) is 10.2. The molecule has 0 unspecified atom stereocenters. The molecule has 0 fully saturated rings. The van der Waals surface area contributed by atoms with Crippen molar-refractivity contribution in [1.82, 2.24) is 14.5 Å². The minimum Gasteiger partial charge on any atom is -0.489 e. The van der Waals surface area contributed by atoms with Gasteiger partial charge in [-0.1, -0.05) is 23.7 Å². The summed E-state index contributed by atoms with van der Waals surface area (Å²) < 4.78 is 13.5. The standard InChI is InChI=1S/C22H24ClN3O3/c1-3-26-18-8-5-4-7-17(18)24-20(26)14-25(2)21(27)13-15-11-16(23)22-19(12-15)28-9-6-10-29-22/h4-5,7-8,11-12H,3,6,9-10,13-14H2,1-2H3. The van der Waals surface area contributed by atoms with Gasteiger partial charge in [-0.25, -0.2) is 4.98 Å². The van der Waals surface area contributed by atoms with Crippen LogP contribution in [0.1, 0.15) is 24.7 Å². The number of para-hydroxylation sites is 2. The Morgan fingerprint density at radius 2 is 2.03 bits per heavy atom. The summed E-state index contributed by atoms with van der Waals surface area (Å²) in [6, 6.07) is 11.6. The van der Waals surface area contributed by atoms with Gasteiger partial charge in [-0.05, 0) is 36.8 Å². The van der Waals surface area contributed by atoms with Crippen molar-refractivity contribution in [2.24, 2.45) is 0 Å². The number of likely N-dealkylation sites (N-methyl/N-ethyl adjacent to an activating group) is 1. The zero-order chi connectivity index (χ0) is 20.4. The minimum absolute atomic E-state index is 0.00901. The molecule has 0 atom stereocenters. The predicted molar refractivity (Wildman–Crippen MR) is 113 cm³/mol. The van der Waals surface area contributed by atoms with E-state index in [1.54, 1.807) is 18.0 Å². The van der Waals surface area contributed by atoms with E-state index in [0.29, 0.717) is 36.3 Å². The number of rotatable bonds is 5. The molecule has 2 heterocycles. The second-order valence-electron chi connectivity index (χ2n) is 7.14. The van der Waals surface area contributed by atoms with Gasteiger partial charge in [0.1, 0.15) is 5.82 Å². The summed E-state index contributed by atoms with van der Waals surface area (Å²) in [5.74, 6) is 2.03. The number of ether oxygens (including phenoxy) is 2. The Bertz CT molecular complexity index is 1050. The smallest absolute Gasteiger partial charge is 0.227 e. The van der Waals surface area contributed by atoms with Crippen LogP contribution in [0.2, 0.25) is 5.02 Å². The minimum atomic E-state index is -0.00901. The number of imidazole rings is 1. The van der Waals surface area contributed by atoms with Gasteiger partial charge in [-0.15, -0.1) is 0 Å². The molecule has 29 heavy (non-hydrogen) atoms. The van der Waals surface area contributed by atoms with Crippen molar-refractivity contribution in [2.45, 2.75) is 32.9 Å². The van der Waals surface area contributed by atoms with Gasteiger partial charge >= 0.3 is 0 Å². The molecule has 0 radical (unpaired) electrons. The van der Waals surface area contributed by atoms with Gasteiger partial charge in [0.15, 0.2) is 11.5 Å². The molecule has 6 nitrogen and oxygen atoms in total. The summed E-state index contributed by atoms with van der Waals surface area (Å²) >= 11 is 6.35. The fraction of sp³-hybridized carbons (Fsp3) is 0.364. The topological polar surface area (TPSA) is 56.6 Å².